The molecule has 0 aliphatic heterocycles. The third-order valence-corrected chi connectivity index (χ3v) is 15.3. The zero-order chi connectivity index (χ0) is 59.9. The van der Waals surface area contributed by atoms with Crippen LogP contribution in [0.3, 0.4) is 0 Å². The number of ether oxygens (including phenoxy) is 3. The molecule has 476 valence electrons. The molecule has 1 atom stereocenters. The van der Waals surface area contributed by atoms with E-state index in [1.807, 2.05) is 0 Å². The summed E-state index contributed by atoms with van der Waals surface area (Å²) in [7, 11) is 0. The molecule has 6 nitrogen and oxygen atoms in total. The Morgan fingerprint density at radius 2 is 0.470 bits per heavy atom. The van der Waals surface area contributed by atoms with E-state index >= 15 is 0 Å². The second-order valence-corrected chi connectivity index (χ2v) is 23.4. The van der Waals surface area contributed by atoms with Gasteiger partial charge in [0.05, 0.1) is 0 Å². The van der Waals surface area contributed by atoms with E-state index in [9.17, 15) is 14.4 Å². The highest BCUT2D eigenvalue weighted by Crippen LogP contribution is 2.17. The van der Waals surface area contributed by atoms with Crippen LogP contribution in [0.25, 0.3) is 0 Å². The largest absolute Gasteiger partial charge is 0.462 e. The molecule has 83 heavy (non-hydrogen) atoms. The first-order valence-corrected chi connectivity index (χ1v) is 35.4. The highest BCUT2D eigenvalue weighted by atomic mass is 16.6. The van der Waals surface area contributed by atoms with E-state index in [0.717, 1.165) is 122 Å². The van der Waals surface area contributed by atoms with Crippen molar-refractivity contribution in [1.82, 2.24) is 0 Å². The van der Waals surface area contributed by atoms with Crippen molar-refractivity contribution in [3.8, 4) is 0 Å². The standard InChI is InChI=1S/C77H132O6/c1-4-7-10-13-16-19-22-25-28-31-33-34-35-36-37-38-39-40-41-42-43-44-45-47-49-52-55-58-61-64-67-70-76(79)82-73-74(72-81-75(78)69-66-63-60-57-54-51-48-30-27-24-21-18-15-12-9-6-3)83-77(80)71-68-65-62-59-56-53-50-46-32-29-26-23-20-17-14-11-8-5-2/h7,10,16,19,25,28-29,32-34,36-37,39-40,42-43,45,47,74H,4-6,8-9,11-15,17-18,20-24,26-27,30-31,35,38,41,44,46,48-73H2,1-3H3/b10-7-,19-16-,28-25-,32-29-,34-33-,37-36-,40-39-,43-42-,47-45-. The Hall–Kier alpha value is -3.93. The number of hydrogen-bond acceptors (Lipinski definition) is 6. The number of carbonyl (C=O) groups excluding carboxylic acids is 3. The molecule has 0 saturated heterocycles. The van der Waals surface area contributed by atoms with E-state index < -0.39 is 6.10 Å². The zero-order valence-electron chi connectivity index (χ0n) is 54.7. The van der Waals surface area contributed by atoms with Crippen LogP contribution in [0.2, 0.25) is 0 Å². The molecule has 0 aromatic heterocycles. The summed E-state index contributed by atoms with van der Waals surface area (Å²) in [5, 5.41) is 0. The van der Waals surface area contributed by atoms with Crippen molar-refractivity contribution in [2.75, 3.05) is 13.2 Å². The molecule has 0 N–H and O–H groups in total. The lowest BCUT2D eigenvalue weighted by Crippen LogP contribution is -2.30. The first kappa shape index (κ1) is 79.1. The number of carbonyl (C=O) groups is 3. The molecule has 0 heterocycles. The Balaban J connectivity index is 4.35. The van der Waals surface area contributed by atoms with Crippen molar-refractivity contribution in [3.63, 3.8) is 0 Å². The van der Waals surface area contributed by atoms with Gasteiger partial charge in [-0.1, -0.05) is 323 Å². The molecular weight excluding hydrogens is 1020 g/mol. The van der Waals surface area contributed by atoms with Crippen molar-refractivity contribution >= 4 is 17.9 Å². The first-order chi connectivity index (χ1) is 41.0. The van der Waals surface area contributed by atoms with Crippen molar-refractivity contribution in [1.29, 1.82) is 0 Å². The van der Waals surface area contributed by atoms with Gasteiger partial charge in [0.2, 0.25) is 0 Å². The molecule has 0 aliphatic carbocycles. The second kappa shape index (κ2) is 70.6. The highest BCUT2D eigenvalue weighted by molar-refractivity contribution is 5.71. The summed E-state index contributed by atoms with van der Waals surface area (Å²) in [5.74, 6) is -0.886. The molecule has 0 rings (SSSR count). The van der Waals surface area contributed by atoms with E-state index in [0.29, 0.717) is 19.3 Å². The summed E-state index contributed by atoms with van der Waals surface area (Å²) >= 11 is 0. The first-order valence-electron chi connectivity index (χ1n) is 35.4. The van der Waals surface area contributed by atoms with Crippen molar-refractivity contribution in [3.05, 3.63) is 109 Å². The minimum Gasteiger partial charge on any atom is -0.462 e. The van der Waals surface area contributed by atoms with Gasteiger partial charge in [-0.25, -0.2) is 0 Å². The minimum atomic E-state index is -0.788. The summed E-state index contributed by atoms with van der Waals surface area (Å²) in [6.07, 6.45) is 96.7. The average Bonchev–Trinajstić information content (AvgIpc) is 3.49. The minimum absolute atomic E-state index is 0.0814. The third kappa shape index (κ3) is 68.7. The van der Waals surface area contributed by atoms with Gasteiger partial charge in [-0.3, -0.25) is 14.4 Å². The van der Waals surface area contributed by atoms with Gasteiger partial charge in [-0.15, -0.1) is 0 Å². The van der Waals surface area contributed by atoms with Crippen LogP contribution in [0, 0.1) is 0 Å². The topological polar surface area (TPSA) is 78.9 Å². The molecule has 0 bridgehead atoms. The van der Waals surface area contributed by atoms with Crippen LogP contribution in [0.5, 0.6) is 0 Å². The maximum Gasteiger partial charge on any atom is 0.306 e. The summed E-state index contributed by atoms with van der Waals surface area (Å²) in [5.41, 5.74) is 0. The Bertz CT molecular complexity index is 1660. The van der Waals surface area contributed by atoms with Crippen LogP contribution in [-0.2, 0) is 28.6 Å². The number of hydrogen-bond donors (Lipinski definition) is 0. The smallest absolute Gasteiger partial charge is 0.306 e. The van der Waals surface area contributed by atoms with Gasteiger partial charge in [-0.2, -0.15) is 0 Å². The van der Waals surface area contributed by atoms with Gasteiger partial charge in [0.15, 0.2) is 6.10 Å². The number of unbranched alkanes of at least 4 members (excludes halogenated alkanes) is 35. The Kier molecular flexibility index (Phi) is 67.2. The predicted molar refractivity (Wildman–Crippen MR) is 362 cm³/mol. The quantitative estimate of drug-likeness (QED) is 0.0261. The van der Waals surface area contributed by atoms with Gasteiger partial charge >= 0.3 is 17.9 Å². The maximum absolute atomic E-state index is 12.9. The maximum atomic E-state index is 12.9. The summed E-state index contributed by atoms with van der Waals surface area (Å²) in [4.78, 5) is 38.5. The number of rotatable bonds is 64. The molecule has 0 amide bonds. The van der Waals surface area contributed by atoms with E-state index in [4.69, 9.17) is 14.2 Å². The average molecular weight is 1150 g/mol. The lowest BCUT2D eigenvalue weighted by molar-refractivity contribution is -0.167. The lowest BCUT2D eigenvalue weighted by atomic mass is 10.0. The number of allylic oxidation sites excluding steroid dienone is 18. The summed E-state index contributed by atoms with van der Waals surface area (Å²) in [6, 6.07) is 0. The fourth-order valence-corrected chi connectivity index (χ4v) is 9.99. The van der Waals surface area contributed by atoms with Gasteiger partial charge in [0.1, 0.15) is 13.2 Å². The van der Waals surface area contributed by atoms with Gasteiger partial charge in [0, 0.05) is 19.3 Å². The normalized spacial score (nSPS) is 12.8. The van der Waals surface area contributed by atoms with E-state index in [2.05, 4.69) is 130 Å². The van der Waals surface area contributed by atoms with Crippen LogP contribution >= 0.6 is 0 Å². The Morgan fingerprint density at radius 1 is 0.253 bits per heavy atom. The van der Waals surface area contributed by atoms with E-state index in [1.54, 1.807) is 0 Å². The fraction of sp³-hybridized carbons (Fsp3) is 0.727. The van der Waals surface area contributed by atoms with Crippen molar-refractivity contribution < 1.29 is 28.6 Å². The SMILES string of the molecule is CC/C=C\C/C=C\C/C=C\C/C=C\C/C=C\C/C=C\C/C=C\C/C=C\CCCCCCCCC(=O)OCC(COC(=O)CCCCCCCCCCCCCCCCCC)OC(=O)CCCCCCCCC/C=C\CCCCCCCCC. The second-order valence-electron chi connectivity index (χ2n) is 23.4. The molecule has 0 radical (unpaired) electrons. The summed E-state index contributed by atoms with van der Waals surface area (Å²) in [6.45, 7) is 6.55. The molecule has 0 saturated carbocycles. The highest BCUT2D eigenvalue weighted by Gasteiger charge is 2.19. The third-order valence-electron chi connectivity index (χ3n) is 15.3. The number of esters is 3. The molecule has 1 unspecified atom stereocenters. The zero-order valence-corrected chi connectivity index (χ0v) is 54.7. The fourth-order valence-electron chi connectivity index (χ4n) is 9.99. The lowest BCUT2D eigenvalue weighted by Gasteiger charge is -2.18. The molecule has 0 spiro atoms. The predicted octanol–water partition coefficient (Wildman–Crippen LogP) is 24.6. The van der Waals surface area contributed by atoms with E-state index in [1.165, 1.54) is 180 Å². The van der Waals surface area contributed by atoms with Crippen LogP contribution in [-0.4, -0.2) is 37.2 Å². The molecule has 0 aromatic rings. The van der Waals surface area contributed by atoms with Crippen LogP contribution in [0.4, 0.5) is 0 Å². The summed E-state index contributed by atoms with van der Waals surface area (Å²) < 4.78 is 17.0. The molecule has 6 heteroatoms. The van der Waals surface area contributed by atoms with Gasteiger partial charge < -0.3 is 14.2 Å². The van der Waals surface area contributed by atoms with E-state index in [-0.39, 0.29) is 31.1 Å². The Labute approximate surface area is 514 Å². The molecule has 0 fully saturated rings. The van der Waals surface area contributed by atoms with Crippen LogP contribution in [0.15, 0.2) is 109 Å². The molecule has 0 aliphatic rings. The van der Waals surface area contributed by atoms with Crippen molar-refractivity contribution in [2.45, 2.75) is 348 Å². The van der Waals surface area contributed by atoms with Crippen molar-refractivity contribution in [2.24, 2.45) is 0 Å². The Morgan fingerprint density at radius 3 is 0.747 bits per heavy atom. The van der Waals surface area contributed by atoms with Gasteiger partial charge in [0.25, 0.3) is 0 Å². The molecular formula is C77H132O6. The molecule has 0 aromatic carbocycles. The van der Waals surface area contributed by atoms with Crippen LogP contribution in [0.1, 0.15) is 342 Å². The monoisotopic (exact) mass is 1150 g/mol. The van der Waals surface area contributed by atoms with Crippen LogP contribution < -0.4 is 0 Å². The van der Waals surface area contributed by atoms with Gasteiger partial charge in [-0.05, 0) is 109 Å².